The minimum Gasteiger partial charge on any atom is -0.151 e. The quantitative estimate of drug-likeness (QED) is 0.237. The fourth-order valence-electron chi connectivity index (χ4n) is 3.49. The zero-order valence-electron chi connectivity index (χ0n) is 18.1. The highest BCUT2D eigenvalue weighted by molar-refractivity contribution is 5.84. The highest BCUT2D eigenvalue weighted by atomic mass is 15.1. The Hall–Kier alpha value is -3.70. The van der Waals surface area contributed by atoms with Crippen LogP contribution in [0.5, 0.6) is 0 Å². The maximum Gasteiger partial charge on any atom is 0.0857 e. The molecule has 0 heterocycles. The second-order valence-electron chi connectivity index (χ2n) is 7.66. The van der Waals surface area contributed by atoms with E-state index >= 15 is 0 Å². The van der Waals surface area contributed by atoms with Crippen molar-refractivity contribution < 1.29 is 0 Å². The van der Waals surface area contributed by atoms with Gasteiger partial charge >= 0.3 is 0 Å². The lowest BCUT2D eigenvalue weighted by atomic mass is 10.0. The Balaban J connectivity index is 1.45. The van der Waals surface area contributed by atoms with Gasteiger partial charge in [0.05, 0.1) is 11.4 Å². The van der Waals surface area contributed by atoms with Gasteiger partial charge in [0.15, 0.2) is 0 Å². The third kappa shape index (κ3) is 5.47. The lowest BCUT2D eigenvalue weighted by Crippen LogP contribution is -1.84. The van der Waals surface area contributed by atoms with Crippen LogP contribution in [0.25, 0.3) is 10.8 Å². The molecular formula is C29H26N2. The first-order valence-corrected chi connectivity index (χ1v) is 10.9. The molecule has 0 atom stereocenters. The van der Waals surface area contributed by atoms with Crippen LogP contribution in [0, 0.1) is 11.8 Å². The van der Waals surface area contributed by atoms with E-state index in [1.807, 2.05) is 36.4 Å². The van der Waals surface area contributed by atoms with E-state index in [2.05, 4.69) is 84.4 Å². The molecule has 0 saturated heterocycles. The molecule has 31 heavy (non-hydrogen) atoms. The molecule has 0 fully saturated rings. The molecule has 4 aromatic carbocycles. The molecule has 0 N–H and O–H groups in total. The summed E-state index contributed by atoms with van der Waals surface area (Å²) in [5.41, 5.74) is 6.36. The van der Waals surface area contributed by atoms with Gasteiger partial charge in [-0.05, 0) is 83.3 Å². The van der Waals surface area contributed by atoms with Crippen LogP contribution in [0.4, 0.5) is 11.4 Å². The summed E-state index contributed by atoms with van der Waals surface area (Å²) in [5, 5.41) is 11.1. The number of rotatable bonds is 5. The standard InChI is InChI=1S/C29H26N2/c1-3-5-24-8-14-27-21-25(9-15-26(27)20-24)7-6-23-12-18-29(19-13-23)31-30-28-16-10-22(4-2)11-17-28/h8-21H,3-5H2,1-2H3. The number of nitrogens with zero attached hydrogens (tertiary/aromatic N) is 2. The molecular weight excluding hydrogens is 376 g/mol. The summed E-state index contributed by atoms with van der Waals surface area (Å²) in [6.45, 7) is 4.35. The predicted molar refractivity (Wildman–Crippen MR) is 130 cm³/mol. The average molecular weight is 403 g/mol. The Morgan fingerprint density at radius 2 is 1.13 bits per heavy atom. The van der Waals surface area contributed by atoms with E-state index in [1.54, 1.807) is 0 Å². The van der Waals surface area contributed by atoms with Gasteiger partial charge in [-0.1, -0.05) is 68.5 Å². The van der Waals surface area contributed by atoms with Crippen LogP contribution in [0.15, 0.2) is 95.2 Å². The second kappa shape index (κ2) is 9.87. The van der Waals surface area contributed by atoms with E-state index in [-0.39, 0.29) is 0 Å². The van der Waals surface area contributed by atoms with Crippen LogP contribution in [0.2, 0.25) is 0 Å². The summed E-state index contributed by atoms with van der Waals surface area (Å²) in [6.07, 6.45) is 3.32. The van der Waals surface area contributed by atoms with Gasteiger partial charge < -0.3 is 0 Å². The minimum absolute atomic E-state index is 0.818. The van der Waals surface area contributed by atoms with Gasteiger partial charge in [0, 0.05) is 11.1 Å². The average Bonchev–Trinajstić information content (AvgIpc) is 2.82. The van der Waals surface area contributed by atoms with E-state index in [1.165, 1.54) is 28.3 Å². The van der Waals surface area contributed by atoms with Gasteiger partial charge in [0.25, 0.3) is 0 Å². The Bertz CT molecular complexity index is 1250. The number of azo groups is 1. The van der Waals surface area contributed by atoms with Crippen LogP contribution < -0.4 is 0 Å². The van der Waals surface area contributed by atoms with Crippen molar-refractivity contribution in [1.82, 2.24) is 0 Å². The van der Waals surface area contributed by atoms with Gasteiger partial charge in [-0.25, -0.2) is 0 Å². The third-order valence-corrected chi connectivity index (χ3v) is 5.29. The van der Waals surface area contributed by atoms with Crippen molar-refractivity contribution in [2.45, 2.75) is 33.1 Å². The molecule has 0 saturated carbocycles. The highest BCUT2D eigenvalue weighted by Crippen LogP contribution is 2.20. The molecule has 0 unspecified atom stereocenters. The predicted octanol–water partition coefficient (Wildman–Crippen LogP) is 8.17. The molecule has 0 aliphatic carbocycles. The molecule has 2 heteroatoms. The van der Waals surface area contributed by atoms with Crippen LogP contribution in [0.3, 0.4) is 0 Å². The summed E-state index contributed by atoms with van der Waals surface area (Å²) in [6, 6.07) is 29.1. The van der Waals surface area contributed by atoms with E-state index < -0.39 is 0 Å². The van der Waals surface area contributed by atoms with Gasteiger partial charge in [-0.15, -0.1) is 0 Å². The van der Waals surface area contributed by atoms with Gasteiger partial charge in [0.2, 0.25) is 0 Å². The second-order valence-corrected chi connectivity index (χ2v) is 7.66. The van der Waals surface area contributed by atoms with Gasteiger partial charge in [0.1, 0.15) is 0 Å². The normalized spacial score (nSPS) is 10.9. The molecule has 4 rings (SSSR count). The van der Waals surface area contributed by atoms with Crippen LogP contribution in [-0.4, -0.2) is 0 Å². The Kier molecular flexibility index (Phi) is 6.55. The summed E-state index contributed by atoms with van der Waals surface area (Å²) < 4.78 is 0. The zero-order chi connectivity index (χ0) is 21.5. The van der Waals surface area contributed by atoms with Crippen molar-refractivity contribution in [1.29, 1.82) is 0 Å². The van der Waals surface area contributed by atoms with Crippen molar-refractivity contribution in [2.75, 3.05) is 0 Å². The van der Waals surface area contributed by atoms with Crippen LogP contribution >= 0.6 is 0 Å². The zero-order valence-corrected chi connectivity index (χ0v) is 18.1. The molecule has 4 aromatic rings. The maximum atomic E-state index is 4.32. The molecule has 0 bridgehead atoms. The molecule has 2 nitrogen and oxygen atoms in total. The molecule has 0 aromatic heterocycles. The maximum absolute atomic E-state index is 4.32. The molecule has 152 valence electrons. The number of hydrogen-bond donors (Lipinski definition) is 0. The first-order chi connectivity index (χ1) is 15.2. The van der Waals surface area contributed by atoms with E-state index in [0.29, 0.717) is 0 Å². The first-order valence-electron chi connectivity index (χ1n) is 10.9. The van der Waals surface area contributed by atoms with Crippen molar-refractivity contribution in [3.8, 4) is 11.8 Å². The monoisotopic (exact) mass is 402 g/mol. The highest BCUT2D eigenvalue weighted by Gasteiger charge is 1.98. The Morgan fingerprint density at radius 1 is 0.581 bits per heavy atom. The molecule has 0 aliphatic rings. The molecule has 0 amide bonds. The first kappa shape index (κ1) is 20.6. The van der Waals surface area contributed by atoms with Crippen molar-refractivity contribution >= 4 is 22.1 Å². The minimum atomic E-state index is 0.818. The Morgan fingerprint density at radius 3 is 1.81 bits per heavy atom. The molecule has 0 spiro atoms. The van der Waals surface area contributed by atoms with Gasteiger partial charge in [-0.2, -0.15) is 10.2 Å². The van der Waals surface area contributed by atoms with Gasteiger partial charge in [-0.3, -0.25) is 0 Å². The van der Waals surface area contributed by atoms with Crippen LogP contribution in [-0.2, 0) is 12.8 Å². The number of aryl methyl sites for hydroxylation is 2. The Labute approximate surface area is 184 Å². The summed E-state index contributed by atoms with van der Waals surface area (Å²) >= 11 is 0. The lowest BCUT2D eigenvalue weighted by Gasteiger charge is -2.03. The SMILES string of the molecule is CCCc1ccc2cc(C#Cc3ccc(N=Nc4ccc(CC)cc4)cc3)ccc2c1. The van der Waals surface area contributed by atoms with E-state index in [0.717, 1.165) is 35.3 Å². The summed E-state index contributed by atoms with van der Waals surface area (Å²) in [7, 11) is 0. The molecule has 0 radical (unpaired) electrons. The lowest BCUT2D eigenvalue weighted by molar-refractivity contribution is 0.924. The topological polar surface area (TPSA) is 24.7 Å². The summed E-state index contributed by atoms with van der Waals surface area (Å²) in [4.78, 5) is 0. The number of hydrogen-bond acceptors (Lipinski definition) is 2. The molecule has 0 aliphatic heterocycles. The van der Waals surface area contributed by atoms with E-state index in [4.69, 9.17) is 0 Å². The smallest absolute Gasteiger partial charge is 0.0857 e. The van der Waals surface area contributed by atoms with Crippen molar-refractivity contribution in [3.05, 3.63) is 107 Å². The largest absolute Gasteiger partial charge is 0.151 e. The van der Waals surface area contributed by atoms with Crippen LogP contribution in [0.1, 0.15) is 42.5 Å². The fraction of sp³-hybridized carbons (Fsp3) is 0.172. The number of benzene rings is 4. The third-order valence-electron chi connectivity index (χ3n) is 5.29. The number of fused-ring (bicyclic) bond motifs is 1. The van der Waals surface area contributed by atoms with E-state index in [9.17, 15) is 0 Å². The van der Waals surface area contributed by atoms with Crippen molar-refractivity contribution in [3.63, 3.8) is 0 Å². The fourth-order valence-corrected chi connectivity index (χ4v) is 3.49. The van der Waals surface area contributed by atoms with Crippen molar-refractivity contribution in [2.24, 2.45) is 10.2 Å². The summed E-state index contributed by atoms with van der Waals surface area (Å²) in [5.74, 6) is 6.53.